The Morgan fingerprint density at radius 1 is 1.64 bits per heavy atom. The van der Waals surface area contributed by atoms with E-state index in [2.05, 4.69) is 4.90 Å². The van der Waals surface area contributed by atoms with E-state index in [1.807, 2.05) is 7.05 Å². The van der Waals surface area contributed by atoms with E-state index < -0.39 is 5.97 Å². The van der Waals surface area contributed by atoms with Gasteiger partial charge in [0, 0.05) is 19.3 Å². The van der Waals surface area contributed by atoms with E-state index in [1.54, 1.807) is 17.8 Å². The maximum atomic E-state index is 10.8. The zero-order valence-corrected chi connectivity index (χ0v) is 9.45. The molecule has 1 N–H and O–H groups in total. The molecule has 0 saturated carbocycles. The molecule has 2 rings (SSSR count). The van der Waals surface area contributed by atoms with E-state index >= 15 is 0 Å². The predicted molar refractivity (Wildman–Crippen MR) is 59.9 cm³/mol. The SMILES string of the molecule is CN1CCCSc2sc(C(=O)O)cc21. The van der Waals surface area contributed by atoms with Crippen molar-refractivity contribution in [1.82, 2.24) is 0 Å². The monoisotopic (exact) mass is 229 g/mol. The molecular weight excluding hydrogens is 218 g/mol. The van der Waals surface area contributed by atoms with Crippen molar-refractivity contribution >= 4 is 34.8 Å². The number of rotatable bonds is 1. The molecule has 1 aliphatic heterocycles. The first kappa shape index (κ1) is 9.86. The molecule has 5 heteroatoms. The second-order valence-electron chi connectivity index (χ2n) is 3.21. The second-order valence-corrected chi connectivity index (χ2v) is 5.63. The lowest BCUT2D eigenvalue weighted by Crippen LogP contribution is -2.17. The molecule has 0 atom stereocenters. The summed E-state index contributed by atoms with van der Waals surface area (Å²) in [7, 11) is 2.02. The molecule has 2 heterocycles. The summed E-state index contributed by atoms with van der Waals surface area (Å²) in [5, 5.41) is 8.87. The van der Waals surface area contributed by atoms with Crippen molar-refractivity contribution in [2.75, 3.05) is 24.2 Å². The van der Waals surface area contributed by atoms with Crippen molar-refractivity contribution in [3.05, 3.63) is 10.9 Å². The molecule has 1 aliphatic rings. The van der Waals surface area contributed by atoms with E-state index in [0.29, 0.717) is 4.88 Å². The summed E-state index contributed by atoms with van der Waals surface area (Å²) in [6, 6.07) is 1.78. The van der Waals surface area contributed by atoms with Crippen molar-refractivity contribution in [3.8, 4) is 0 Å². The van der Waals surface area contributed by atoms with Gasteiger partial charge in [0.05, 0.1) is 9.90 Å². The van der Waals surface area contributed by atoms with Crippen molar-refractivity contribution in [1.29, 1.82) is 0 Å². The van der Waals surface area contributed by atoms with Crippen LogP contribution in [0.2, 0.25) is 0 Å². The highest BCUT2D eigenvalue weighted by Crippen LogP contribution is 2.40. The Kier molecular flexibility index (Phi) is 2.69. The van der Waals surface area contributed by atoms with Crippen LogP contribution in [0.3, 0.4) is 0 Å². The topological polar surface area (TPSA) is 40.5 Å². The average molecular weight is 229 g/mol. The summed E-state index contributed by atoms with van der Waals surface area (Å²) in [4.78, 5) is 13.4. The fraction of sp³-hybridized carbons (Fsp3) is 0.444. The van der Waals surface area contributed by atoms with Gasteiger partial charge in [-0.3, -0.25) is 0 Å². The van der Waals surface area contributed by atoms with Gasteiger partial charge in [-0.2, -0.15) is 0 Å². The number of hydrogen-bond acceptors (Lipinski definition) is 4. The average Bonchev–Trinajstić information content (AvgIpc) is 2.49. The van der Waals surface area contributed by atoms with Crippen LogP contribution in [0.25, 0.3) is 0 Å². The number of thioether (sulfide) groups is 1. The number of aromatic carboxylic acids is 1. The molecule has 0 amide bonds. The van der Waals surface area contributed by atoms with Crippen LogP contribution >= 0.6 is 23.1 Å². The molecule has 1 aromatic rings. The molecule has 0 unspecified atom stereocenters. The Bertz CT molecular complexity index is 362. The highest BCUT2D eigenvalue weighted by Gasteiger charge is 2.18. The van der Waals surface area contributed by atoms with Gasteiger partial charge in [0.25, 0.3) is 0 Å². The maximum Gasteiger partial charge on any atom is 0.345 e. The summed E-state index contributed by atoms with van der Waals surface area (Å²) in [5.74, 6) is 0.258. The summed E-state index contributed by atoms with van der Waals surface area (Å²) in [6.45, 7) is 1.01. The van der Waals surface area contributed by atoms with Crippen LogP contribution in [0.5, 0.6) is 0 Å². The Morgan fingerprint density at radius 2 is 2.43 bits per heavy atom. The lowest BCUT2D eigenvalue weighted by molar-refractivity contribution is 0.0702. The largest absolute Gasteiger partial charge is 0.477 e. The van der Waals surface area contributed by atoms with E-state index in [1.165, 1.54) is 11.3 Å². The molecule has 0 bridgehead atoms. The molecule has 0 fully saturated rings. The summed E-state index contributed by atoms with van der Waals surface area (Å²) in [5.41, 5.74) is 1.08. The van der Waals surface area contributed by atoms with Crippen molar-refractivity contribution < 1.29 is 9.90 Å². The zero-order valence-electron chi connectivity index (χ0n) is 7.82. The van der Waals surface area contributed by atoms with Crippen LogP contribution in [0.1, 0.15) is 16.1 Å². The Labute approximate surface area is 90.7 Å². The van der Waals surface area contributed by atoms with E-state index in [0.717, 1.165) is 28.6 Å². The lowest BCUT2D eigenvalue weighted by atomic mass is 10.3. The zero-order chi connectivity index (χ0) is 10.1. The number of carboxylic acid groups (broad SMARTS) is 1. The molecule has 1 aromatic heterocycles. The molecule has 14 heavy (non-hydrogen) atoms. The number of carboxylic acids is 1. The van der Waals surface area contributed by atoms with Crippen LogP contribution < -0.4 is 4.90 Å². The fourth-order valence-electron chi connectivity index (χ4n) is 1.43. The first-order chi connectivity index (χ1) is 6.68. The molecule has 0 radical (unpaired) electrons. The Balaban J connectivity index is 2.38. The molecule has 0 saturated heterocycles. The van der Waals surface area contributed by atoms with Crippen LogP contribution in [0.4, 0.5) is 5.69 Å². The van der Waals surface area contributed by atoms with Gasteiger partial charge in [0.2, 0.25) is 0 Å². The van der Waals surface area contributed by atoms with Gasteiger partial charge in [-0.15, -0.1) is 23.1 Å². The second kappa shape index (κ2) is 3.82. The van der Waals surface area contributed by atoms with E-state index in [9.17, 15) is 4.79 Å². The van der Waals surface area contributed by atoms with Crippen molar-refractivity contribution in [2.45, 2.75) is 10.6 Å². The van der Waals surface area contributed by atoms with E-state index in [-0.39, 0.29) is 0 Å². The van der Waals surface area contributed by atoms with Gasteiger partial charge in [-0.25, -0.2) is 4.79 Å². The number of carbonyl (C=O) groups is 1. The van der Waals surface area contributed by atoms with Crippen molar-refractivity contribution in [2.24, 2.45) is 0 Å². The standard InChI is InChI=1S/C9H11NO2S2/c1-10-3-2-4-13-9-6(10)5-7(14-9)8(11)12/h5H,2-4H2,1H3,(H,11,12). The molecule has 0 aromatic carbocycles. The Hall–Kier alpha value is -0.680. The van der Waals surface area contributed by atoms with Crippen LogP contribution in [0, 0.1) is 0 Å². The molecule has 0 aliphatic carbocycles. The van der Waals surface area contributed by atoms with Crippen LogP contribution in [-0.4, -0.2) is 30.4 Å². The minimum Gasteiger partial charge on any atom is -0.477 e. The van der Waals surface area contributed by atoms with Gasteiger partial charge in [-0.1, -0.05) is 0 Å². The highest BCUT2D eigenvalue weighted by molar-refractivity contribution is 8.01. The summed E-state index contributed by atoms with van der Waals surface area (Å²) in [6.07, 6.45) is 1.16. The third-order valence-electron chi connectivity index (χ3n) is 2.17. The third-order valence-corrected chi connectivity index (χ3v) is 4.65. The normalized spacial score (nSPS) is 16.2. The Morgan fingerprint density at radius 3 is 3.14 bits per heavy atom. The first-order valence-corrected chi connectivity index (χ1v) is 6.20. The predicted octanol–water partition coefficient (Wildman–Crippen LogP) is 2.38. The maximum absolute atomic E-state index is 10.8. The van der Waals surface area contributed by atoms with Gasteiger partial charge in [-0.05, 0) is 12.5 Å². The highest BCUT2D eigenvalue weighted by atomic mass is 32.2. The molecule has 3 nitrogen and oxygen atoms in total. The minimum atomic E-state index is -0.822. The number of thiophene rings is 1. The number of nitrogens with zero attached hydrogens (tertiary/aromatic N) is 1. The summed E-state index contributed by atoms with van der Waals surface area (Å²) >= 11 is 3.15. The third kappa shape index (κ3) is 1.74. The molecular formula is C9H11NO2S2. The van der Waals surface area contributed by atoms with Crippen LogP contribution in [0.15, 0.2) is 10.3 Å². The van der Waals surface area contributed by atoms with Gasteiger partial charge >= 0.3 is 5.97 Å². The van der Waals surface area contributed by atoms with Gasteiger partial charge in [0.15, 0.2) is 0 Å². The summed E-state index contributed by atoms with van der Waals surface area (Å²) < 4.78 is 1.14. The van der Waals surface area contributed by atoms with E-state index in [4.69, 9.17) is 5.11 Å². The smallest absolute Gasteiger partial charge is 0.345 e. The first-order valence-electron chi connectivity index (χ1n) is 4.39. The van der Waals surface area contributed by atoms with Gasteiger partial charge in [0.1, 0.15) is 4.88 Å². The van der Waals surface area contributed by atoms with Crippen LogP contribution in [-0.2, 0) is 0 Å². The lowest BCUT2D eigenvalue weighted by Gasteiger charge is -2.15. The molecule has 76 valence electrons. The number of fused-ring (bicyclic) bond motifs is 1. The van der Waals surface area contributed by atoms with Gasteiger partial charge < -0.3 is 10.0 Å². The molecule has 0 spiro atoms. The quantitative estimate of drug-likeness (QED) is 0.802. The number of hydrogen-bond donors (Lipinski definition) is 1. The minimum absolute atomic E-state index is 0.441. The fourth-order valence-corrected chi connectivity index (χ4v) is 3.78. The number of anilines is 1. The van der Waals surface area contributed by atoms with Crippen molar-refractivity contribution in [3.63, 3.8) is 0 Å².